The van der Waals surface area contributed by atoms with Gasteiger partial charge in [-0.15, -0.1) is 0 Å². The molecular weight excluding hydrogens is 342 g/mol. The molecule has 1 heterocycles. The molecule has 1 fully saturated rings. The quantitative estimate of drug-likeness (QED) is 0.775. The number of halogens is 1. The van der Waals surface area contributed by atoms with Gasteiger partial charge in [-0.3, -0.25) is 4.79 Å². The fourth-order valence-corrected chi connectivity index (χ4v) is 4.79. The molecule has 4 heteroatoms. The molecule has 1 aromatic carbocycles. The molecule has 0 aromatic heterocycles. The first-order valence-electron chi connectivity index (χ1n) is 7.87. The van der Waals surface area contributed by atoms with Gasteiger partial charge in [-0.1, -0.05) is 35.7 Å². The van der Waals surface area contributed by atoms with Crippen LogP contribution in [0.4, 0.5) is 0 Å². The maximum absolute atomic E-state index is 12.6. The summed E-state index contributed by atoms with van der Waals surface area (Å²) in [6, 6.07) is 3.98. The van der Waals surface area contributed by atoms with Crippen LogP contribution in [0.2, 0.25) is 0 Å². The highest BCUT2D eigenvalue weighted by Crippen LogP contribution is 2.44. The lowest BCUT2D eigenvalue weighted by Gasteiger charge is -2.36. The molecule has 3 rings (SSSR count). The third kappa shape index (κ3) is 2.37. The van der Waals surface area contributed by atoms with Crippen LogP contribution in [-0.2, 0) is 4.79 Å². The number of rotatable bonds is 1. The zero-order valence-corrected chi connectivity index (χ0v) is 14.9. The smallest absolute Gasteiger partial charge is 0.256 e. The number of nitrogens with one attached hydrogen (secondary N) is 1. The van der Waals surface area contributed by atoms with E-state index in [1.807, 2.05) is 26.0 Å². The number of carbonyl (C=O) groups is 1. The monoisotopic (exact) mass is 363 g/mol. The summed E-state index contributed by atoms with van der Waals surface area (Å²) in [7, 11) is 0. The summed E-state index contributed by atoms with van der Waals surface area (Å²) >= 11 is 3.48. The van der Waals surface area contributed by atoms with Crippen LogP contribution in [0.15, 0.2) is 22.4 Å². The molecular formula is C18H22BrNO2. The van der Waals surface area contributed by atoms with Crippen molar-refractivity contribution in [1.82, 2.24) is 5.32 Å². The van der Waals surface area contributed by atoms with Crippen LogP contribution in [0.5, 0.6) is 0 Å². The van der Waals surface area contributed by atoms with Gasteiger partial charge in [0.15, 0.2) is 0 Å². The van der Waals surface area contributed by atoms with Crippen molar-refractivity contribution >= 4 is 27.4 Å². The highest BCUT2D eigenvalue weighted by Gasteiger charge is 2.48. The Kier molecular flexibility index (Phi) is 3.84. The standard InChI is InChI=1S/C18H22BrNO2/c1-10-5-4-6-18(9-10)16(21)15(17(22)20-18)14-11(2)7-13(19)8-12(14)3/h7-8,10,21H,4-6,9H2,1-3H3,(H,20,22). The molecule has 22 heavy (non-hydrogen) atoms. The SMILES string of the molecule is Cc1cc(Br)cc(C)c1C1=C(O)C2(CCCC(C)C2)NC1=O. The highest BCUT2D eigenvalue weighted by atomic mass is 79.9. The van der Waals surface area contributed by atoms with Crippen molar-refractivity contribution in [2.45, 2.75) is 52.0 Å². The van der Waals surface area contributed by atoms with E-state index >= 15 is 0 Å². The van der Waals surface area contributed by atoms with E-state index in [2.05, 4.69) is 28.2 Å². The number of hydrogen-bond acceptors (Lipinski definition) is 2. The van der Waals surface area contributed by atoms with E-state index in [-0.39, 0.29) is 11.7 Å². The Morgan fingerprint density at radius 3 is 2.55 bits per heavy atom. The molecule has 1 aliphatic heterocycles. The summed E-state index contributed by atoms with van der Waals surface area (Å²) in [6.45, 7) is 6.15. The van der Waals surface area contributed by atoms with Gasteiger partial charge in [-0.05, 0) is 61.4 Å². The Morgan fingerprint density at radius 2 is 1.95 bits per heavy atom. The number of aryl methyl sites for hydroxylation is 2. The second-order valence-electron chi connectivity index (χ2n) is 6.88. The first-order valence-corrected chi connectivity index (χ1v) is 8.67. The summed E-state index contributed by atoms with van der Waals surface area (Å²) in [5, 5.41) is 14.0. The minimum Gasteiger partial charge on any atom is -0.509 e. The molecule has 0 saturated heterocycles. The minimum atomic E-state index is -0.546. The Hall–Kier alpha value is -1.29. The lowest BCUT2D eigenvalue weighted by Crippen LogP contribution is -2.47. The van der Waals surface area contributed by atoms with Crippen LogP contribution in [0.1, 0.15) is 49.3 Å². The van der Waals surface area contributed by atoms with Crippen molar-refractivity contribution in [3.05, 3.63) is 39.1 Å². The van der Waals surface area contributed by atoms with Gasteiger partial charge >= 0.3 is 0 Å². The van der Waals surface area contributed by atoms with E-state index in [1.165, 1.54) is 0 Å². The van der Waals surface area contributed by atoms with Crippen molar-refractivity contribution in [2.75, 3.05) is 0 Å². The van der Waals surface area contributed by atoms with Gasteiger partial charge in [0, 0.05) is 4.47 Å². The third-order valence-corrected chi connectivity index (χ3v) is 5.47. The topological polar surface area (TPSA) is 49.3 Å². The molecule has 118 valence electrons. The van der Waals surface area contributed by atoms with Gasteiger partial charge in [-0.2, -0.15) is 0 Å². The molecule has 1 saturated carbocycles. The maximum Gasteiger partial charge on any atom is 0.256 e. The molecule has 2 unspecified atom stereocenters. The van der Waals surface area contributed by atoms with Crippen LogP contribution in [0, 0.1) is 19.8 Å². The Labute approximate surface area is 139 Å². The molecule has 0 bridgehead atoms. The van der Waals surface area contributed by atoms with Crippen molar-refractivity contribution in [2.24, 2.45) is 5.92 Å². The molecule has 1 aromatic rings. The lowest BCUT2D eigenvalue weighted by molar-refractivity contribution is -0.116. The fraction of sp³-hybridized carbons (Fsp3) is 0.500. The van der Waals surface area contributed by atoms with E-state index in [9.17, 15) is 9.90 Å². The first-order chi connectivity index (χ1) is 10.3. The number of carbonyl (C=O) groups excluding carboxylic acids is 1. The molecule has 2 atom stereocenters. The van der Waals surface area contributed by atoms with E-state index in [0.29, 0.717) is 11.5 Å². The van der Waals surface area contributed by atoms with Gasteiger partial charge in [0.1, 0.15) is 5.76 Å². The van der Waals surface area contributed by atoms with Crippen LogP contribution in [-0.4, -0.2) is 16.6 Å². The average molecular weight is 364 g/mol. The molecule has 3 nitrogen and oxygen atoms in total. The summed E-state index contributed by atoms with van der Waals surface area (Å²) in [5.74, 6) is 0.625. The van der Waals surface area contributed by atoms with E-state index < -0.39 is 5.54 Å². The number of aliphatic hydroxyl groups excluding tert-OH is 1. The summed E-state index contributed by atoms with van der Waals surface area (Å²) in [5.41, 5.74) is 2.80. The molecule has 1 amide bonds. The zero-order valence-electron chi connectivity index (χ0n) is 13.3. The Balaban J connectivity index is 2.14. The summed E-state index contributed by atoms with van der Waals surface area (Å²) in [4.78, 5) is 12.6. The van der Waals surface area contributed by atoms with E-state index in [0.717, 1.165) is 46.8 Å². The van der Waals surface area contributed by atoms with Crippen molar-refractivity contribution in [3.63, 3.8) is 0 Å². The van der Waals surface area contributed by atoms with Gasteiger partial charge in [-0.25, -0.2) is 0 Å². The average Bonchev–Trinajstić information content (AvgIpc) is 2.62. The Bertz CT molecular complexity index is 657. The van der Waals surface area contributed by atoms with Crippen LogP contribution in [0.3, 0.4) is 0 Å². The van der Waals surface area contributed by atoms with Crippen molar-refractivity contribution < 1.29 is 9.90 Å². The van der Waals surface area contributed by atoms with Gasteiger partial charge < -0.3 is 10.4 Å². The Morgan fingerprint density at radius 1 is 1.32 bits per heavy atom. The normalized spacial score (nSPS) is 28.4. The van der Waals surface area contributed by atoms with Gasteiger partial charge in [0.05, 0.1) is 11.1 Å². The first kappa shape index (κ1) is 15.6. The van der Waals surface area contributed by atoms with Crippen LogP contribution >= 0.6 is 15.9 Å². The minimum absolute atomic E-state index is 0.139. The number of amides is 1. The van der Waals surface area contributed by atoms with Gasteiger partial charge in [0.25, 0.3) is 5.91 Å². The van der Waals surface area contributed by atoms with Crippen LogP contribution in [0.25, 0.3) is 5.57 Å². The number of hydrogen-bond donors (Lipinski definition) is 2. The summed E-state index contributed by atoms with van der Waals surface area (Å²) < 4.78 is 0.991. The summed E-state index contributed by atoms with van der Waals surface area (Å²) in [6.07, 6.45) is 3.85. The molecule has 2 aliphatic rings. The number of benzene rings is 1. The highest BCUT2D eigenvalue weighted by molar-refractivity contribution is 9.10. The number of aliphatic hydroxyl groups is 1. The van der Waals surface area contributed by atoms with Crippen molar-refractivity contribution in [1.29, 1.82) is 0 Å². The second kappa shape index (κ2) is 5.41. The second-order valence-corrected chi connectivity index (χ2v) is 7.79. The predicted octanol–water partition coefficient (Wildman–Crippen LogP) is 4.41. The predicted molar refractivity (Wildman–Crippen MR) is 91.7 cm³/mol. The van der Waals surface area contributed by atoms with Crippen molar-refractivity contribution in [3.8, 4) is 0 Å². The molecule has 1 aliphatic carbocycles. The lowest BCUT2D eigenvalue weighted by atomic mass is 9.75. The van der Waals surface area contributed by atoms with Crippen LogP contribution < -0.4 is 5.32 Å². The molecule has 2 N–H and O–H groups in total. The third-order valence-electron chi connectivity index (χ3n) is 5.01. The largest absolute Gasteiger partial charge is 0.509 e. The molecule has 1 spiro atoms. The fourth-order valence-electron chi connectivity index (χ4n) is 4.10. The maximum atomic E-state index is 12.6. The van der Waals surface area contributed by atoms with Gasteiger partial charge in [0.2, 0.25) is 0 Å². The molecule has 0 radical (unpaired) electrons. The zero-order chi connectivity index (χ0) is 16.1. The van der Waals surface area contributed by atoms with E-state index in [1.54, 1.807) is 0 Å². The van der Waals surface area contributed by atoms with E-state index in [4.69, 9.17) is 0 Å².